The van der Waals surface area contributed by atoms with E-state index < -0.39 is 40.8 Å². The molecule has 0 spiro atoms. The van der Waals surface area contributed by atoms with Crippen LogP contribution in [0.5, 0.6) is 0 Å². The monoisotopic (exact) mass is 428 g/mol. The smallest absolute Gasteiger partial charge is 0.451 e. The standard InChI is InChI=1S/C17H29BN4O6S/c19-10-15(9-13-5-2-1-3-6-13)21-29(27,28)22-11-14(7-4-8-18(25)26)17(20,12-22)16(23)24/h1-3,5-6,14-15,21,25-26H,4,7-12,19-20H2,(H,23,24)/t14-,15-,17-/m0/s1. The number of nitrogens with zero attached hydrogens (tertiary/aromatic N) is 1. The molecule has 0 aliphatic carbocycles. The lowest BCUT2D eigenvalue weighted by Gasteiger charge is -2.25. The van der Waals surface area contributed by atoms with Gasteiger partial charge in [-0.05, 0) is 24.7 Å². The fourth-order valence-electron chi connectivity index (χ4n) is 3.57. The molecule has 8 N–H and O–H groups in total. The molecule has 1 fully saturated rings. The zero-order valence-corrected chi connectivity index (χ0v) is 17.0. The molecule has 1 aliphatic rings. The number of nitrogens with one attached hydrogen (secondary N) is 1. The van der Waals surface area contributed by atoms with E-state index in [4.69, 9.17) is 21.5 Å². The molecule has 0 amide bonds. The Balaban J connectivity index is 2.09. The van der Waals surface area contributed by atoms with E-state index in [1.54, 1.807) is 0 Å². The topological polar surface area (TPSA) is 179 Å². The van der Waals surface area contributed by atoms with Crippen LogP contribution in [0.4, 0.5) is 0 Å². The highest BCUT2D eigenvalue weighted by atomic mass is 32.2. The van der Waals surface area contributed by atoms with Crippen LogP contribution in [0.3, 0.4) is 0 Å². The van der Waals surface area contributed by atoms with Crippen LogP contribution in [-0.4, -0.2) is 72.2 Å². The van der Waals surface area contributed by atoms with E-state index in [2.05, 4.69) is 4.72 Å². The van der Waals surface area contributed by atoms with E-state index in [1.165, 1.54) is 0 Å². The van der Waals surface area contributed by atoms with Crippen LogP contribution in [0.1, 0.15) is 18.4 Å². The van der Waals surface area contributed by atoms with E-state index in [0.717, 1.165) is 9.87 Å². The Morgan fingerprint density at radius 1 is 1.34 bits per heavy atom. The maximum absolute atomic E-state index is 12.9. The van der Waals surface area contributed by atoms with Crippen molar-refractivity contribution in [3.05, 3.63) is 35.9 Å². The van der Waals surface area contributed by atoms with Gasteiger partial charge in [0, 0.05) is 31.6 Å². The van der Waals surface area contributed by atoms with E-state index in [-0.39, 0.29) is 32.4 Å². The molecule has 12 heteroatoms. The molecule has 0 bridgehead atoms. The van der Waals surface area contributed by atoms with Crippen LogP contribution in [0, 0.1) is 5.92 Å². The van der Waals surface area contributed by atoms with E-state index in [9.17, 15) is 18.3 Å². The molecule has 0 aromatic heterocycles. The average molecular weight is 428 g/mol. The van der Waals surface area contributed by atoms with E-state index >= 15 is 0 Å². The highest BCUT2D eigenvalue weighted by Gasteiger charge is 2.52. The number of benzene rings is 1. The van der Waals surface area contributed by atoms with Crippen molar-refractivity contribution in [1.82, 2.24) is 9.03 Å². The van der Waals surface area contributed by atoms with Crippen molar-refractivity contribution in [2.45, 2.75) is 37.2 Å². The fraction of sp³-hybridized carbons (Fsp3) is 0.588. The number of carboxylic acids is 1. The van der Waals surface area contributed by atoms with Crippen LogP contribution in [-0.2, 0) is 21.4 Å². The first kappa shape index (κ1) is 23.7. The van der Waals surface area contributed by atoms with Gasteiger partial charge in [-0.3, -0.25) is 4.79 Å². The van der Waals surface area contributed by atoms with Gasteiger partial charge in [0.2, 0.25) is 0 Å². The summed E-state index contributed by atoms with van der Waals surface area (Å²) in [5.74, 6) is -1.94. The number of hydrogen-bond acceptors (Lipinski definition) is 7. The Labute approximate surface area is 171 Å². The van der Waals surface area contributed by atoms with Gasteiger partial charge >= 0.3 is 13.1 Å². The van der Waals surface area contributed by atoms with Crippen LogP contribution in [0.15, 0.2) is 30.3 Å². The van der Waals surface area contributed by atoms with Gasteiger partial charge in [-0.25, -0.2) is 0 Å². The Bertz CT molecular complexity index is 781. The van der Waals surface area contributed by atoms with Gasteiger partial charge in [0.15, 0.2) is 0 Å². The Morgan fingerprint density at radius 2 is 2.00 bits per heavy atom. The molecule has 1 saturated heterocycles. The highest BCUT2D eigenvalue weighted by molar-refractivity contribution is 7.87. The number of nitrogens with two attached hydrogens (primary N) is 2. The number of hydrogen-bond donors (Lipinski definition) is 6. The highest BCUT2D eigenvalue weighted by Crippen LogP contribution is 2.32. The lowest BCUT2D eigenvalue weighted by molar-refractivity contribution is -0.144. The number of carboxylic acid groups (broad SMARTS) is 1. The predicted octanol–water partition coefficient (Wildman–Crippen LogP) is -1.64. The molecule has 162 valence electrons. The molecule has 10 nitrogen and oxygen atoms in total. The quantitative estimate of drug-likeness (QED) is 0.227. The second-order valence-corrected chi connectivity index (χ2v) is 9.19. The van der Waals surface area contributed by atoms with Crippen LogP contribution in [0.25, 0.3) is 0 Å². The normalized spacial score (nSPS) is 23.8. The van der Waals surface area contributed by atoms with Gasteiger partial charge in [-0.2, -0.15) is 17.4 Å². The Kier molecular flexibility index (Phi) is 8.17. The van der Waals surface area contributed by atoms with Crippen molar-refractivity contribution in [3.8, 4) is 0 Å². The van der Waals surface area contributed by atoms with Crippen molar-refractivity contribution in [1.29, 1.82) is 0 Å². The van der Waals surface area contributed by atoms with Crippen LogP contribution in [0.2, 0.25) is 6.32 Å². The molecular formula is C17H29BN4O6S. The maximum Gasteiger partial charge on any atom is 0.451 e. The number of rotatable bonds is 11. The first-order valence-corrected chi connectivity index (χ1v) is 10.9. The Hall–Kier alpha value is -1.54. The molecule has 3 atom stereocenters. The summed E-state index contributed by atoms with van der Waals surface area (Å²) in [4.78, 5) is 11.7. The van der Waals surface area contributed by atoms with Crippen molar-refractivity contribution in [2.24, 2.45) is 17.4 Å². The zero-order chi connectivity index (χ0) is 21.7. The molecule has 1 aliphatic heterocycles. The third-order valence-corrected chi connectivity index (χ3v) is 6.86. The molecule has 29 heavy (non-hydrogen) atoms. The minimum absolute atomic E-state index is 0.0590. The summed E-state index contributed by atoms with van der Waals surface area (Å²) < 4.78 is 29.3. The van der Waals surface area contributed by atoms with E-state index in [1.807, 2.05) is 30.3 Å². The molecule has 1 aromatic carbocycles. The molecule has 0 radical (unpaired) electrons. The summed E-state index contributed by atoms with van der Waals surface area (Å²) in [6.45, 7) is -0.360. The lowest BCUT2D eigenvalue weighted by atomic mass is 9.78. The van der Waals surface area contributed by atoms with Crippen LogP contribution < -0.4 is 16.2 Å². The van der Waals surface area contributed by atoms with E-state index in [0.29, 0.717) is 12.8 Å². The lowest BCUT2D eigenvalue weighted by Crippen LogP contribution is -2.56. The first-order chi connectivity index (χ1) is 13.6. The van der Waals surface area contributed by atoms with Gasteiger partial charge in [0.1, 0.15) is 5.54 Å². The summed E-state index contributed by atoms with van der Waals surface area (Å²) in [5.41, 5.74) is 11.0. The van der Waals surface area contributed by atoms with Gasteiger partial charge in [-0.15, -0.1) is 0 Å². The Morgan fingerprint density at radius 3 is 2.55 bits per heavy atom. The van der Waals surface area contributed by atoms with Crippen molar-refractivity contribution in [3.63, 3.8) is 0 Å². The molecule has 1 aromatic rings. The zero-order valence-electron chi connectivity index (χ0n) is 16.1. The SMILES string of the molecule is NC[C@H](Cc1ccccc1)NS(=O)(=O)N1C[C@H](CCCB(O)O)[C@](N)(C(=O)O)C1. The summed E-state index contributed by atoms with van der Waals surface area (Å²) in [6.07, 6.45) is 1.03. The molecule has 1 heterocycles. The molecule has 2 rings (SSSR count). The van der Waals surface area contributed by atoms with Gasteiger partial charge in [0.25, 0.3) is 10.2 Å². The predicted molar refractivity (Wildman–Crippen MR) is 109 cm³/mol. The average Bonchev–Trinajstić information content (AvgIpc) is 3.01. The van der Waals surface area contributed by atoms with Crippen molar-refractivity contribution >= 4 is 23.3 Å². The van der Waals surface area contributed by atoms with Crippen molar-refractivity contribution in [2.75, 3.05) is 19.6 Å². The second kappa shape index (κ2) is 9.98. The minimum atomic E-state index is -4.01. The third-order valence-electron chi connectivity index (χ3n) is 5.27. The van der Waals surface area contributed by atoms with Crippen molar-refractivity contribution < 1.29 is 28.4 Å². The number of aliphatic carboxylic acids is 1. The molecular weight excluding hydrogens is 399 g/mol. The third kappa shape index (κ3) is 6.22. The summed E-state index contributed by atoms with van der Waals surface area (Å²) >= 11 is 0. The summed E-state index contributed by atoms with van der Waals surface area (Å²) in [7, 11) is -5.51. The van der Waals surface area contributed by atoms with Gasteiger partial charge in [-0.1, -0.05) is 36.8 Å². The van der Waals surface area contributed by atoms with Gasteiger partial charge < -0.3 is 26.6 Å². The second-order valence-electron chi connectivity index (χ2n) is 7.49. The number of carbonyl (C=O) groups is 1. The summed E-state index contributed by atoms with van der Waals surface area (Å²) in [5, 5.41) is 27.5. The van der Waals surface area contributed by atoms with Gasteiger partial charge in [0.05, 0.1) is 0 Å². The molecule has 0 saturated carbocycles. The summed E-state index contributed by atoms with van der Waals surface area (Å²) in [6, 6.07) is 8.74. The first-order valence-electron chi connectivity index (χ1n) is 9.48. The fourth-order valence-corrected chi connectivity index (χ4v) is 5.08. The minimum Gasteiger partial charge on any atom is -0.480 e. The van der Waals surface area contributed by atoms with Crippen LogP contribution >= 0.6 is 0 Å². The molecule has 0 unspecified atom stereocenters. The largest absolute Gasteiger partial charge is 0.480 e. The maximum atomic E-state index is 12.9.